The second-order valence-corrected chi connectivity index (χ2v) is 7.47. The molecule has 0 saturated carbocycles. The van der Waals surface area contributed by atoms with E-state index < -0.39 is 11.7 Å². The van der Waals surface area contributed by atoms with E-state index in [9.17, 15) is 13.2 Å². The zero-order valence-corrected chi connectivity index (χ0v) is 17.3. The fraction of sp³-hybridized carbons (Fsp3) is 0.211. The predicted octanol–water partition coefficient (Wildman–Crippen LogP) is 5.10. The number of hydrogen-bond donors (Lipinski definition) is 1. The zero-order chi connectivity index (χ0) is 22.3. The molecule has 0 radical (unpaired) electrons. The smallest absolute Gasteiger partial charge is 0.417 e. The number of nitrogens with two attached hydrogens (primary N) is 1. The van der Waals surface area contributed by atoms with Crippen LogP contribution in [0.15, 0.2) is 41.2 Å². The van der Waals surface area contributed by atoms with Gasteiger partial charge in [-0.2, -0.15) is 18.2 Å². The highest BCUT2D eigenvalue weighted by atomic mass is 35.5. The molecule has 3 aromatic heterocycles. The molecule has 0 bridgehead atoms. The van der Waals surface area contributed by atoms with Gasteiger partial charge in [0, 0.05) is 24.5 Å². The van der Waals surface area contributed by atoms with Gasteiger partial charge in [0.25, 0.3) is 5.89 Å². The van der Waals surface area contributed by atoms with Crippen LogP contribution in [0.1, 0.15) is 12.5 Å². The fourth-order valence-electron chi connectivity index (χ4n) is 2.78. The van der Waals surface area contributed by atoms with E-state index in [2.05, 4.69) is 15.1 Å². The average molecular weight is 472 g/mol. The molecular weight excluding hydrogens is 458 g/mol. The molecule has 2 N–H and O–H groups in total. The summed E-state index contributed by atoms with van der Waals surface area (Å²) in [4.78, 5) is 8.44. The molecule has 162 valence electrons. The second-order valence-electron chi connectivity index (χ2n) is 6.66. The summed E-state index contributed by atoms with van der Waals surface area (Å²) in [6.07, 6.45) is -2.53. The Bertz CT molecular complexity index is 1260. The number of imidazole rings is 1. The van der Waals surface area contributed by atoms with Crippen molar-refractivity contribution in [1.29, 1.82) is 0 Å². The maximum absolute atomic E-state index is 13.0. The number of alkyl halides is 3. The van der Waals surface area contributed by atoms with Crippen molar-refractivity contribution in [2.24, 2.45) is 5.73 Å². The van der Waals surface area contributed by atoms with Crippen molar-refractivity contribution in [1.82, 2.24) is 19.5 Å². The van der Waals surface area contributed by atoms with E-state index in [1.807, 2.05) is 6.92 Å². The summed E-state index contributed by atoms with van der Waals surface area (Å²) in [5, 5.41) is 4.05. The Kier molecular flexibility index (Phi) is 5.54. The molecule has 1 aromatic carbocycles. The summed E-state index contributed by atoms with van der Waals surface area (Å²) >= 11 is 12.3. The summed E-state index contributed by atoms with van der Waals surface area (Å²) in [5.41, 5.74) is 5.40. The van der Waals surface area contributed by atoms with Crippen LogP contribution in [0.5, 0.6) is 5.75 Å². The van der Waals surface area contributed by atoms with Crippen LogP contribution in [0.3, 0.4) is 0 Å². The molecule has 12 heteroatoms. The van der Waals surface area contributed by atoms with Gasteiger partial charge in [-0.25, -0.2) is 4.98 Å². The number of benzene rings is 1. The van der Waals surface area contributed by atoms with Crippen LogP contribution in [0, 0.1) is 0 Å². The van der Waals surface area contributed by atoms with Gasteiger partial charge in [-0.3, -0.25) is 0 Å². The minimum Gasteiger partial charge on any atom is -0.489 e. The summed E-state index contributed by atoms with van der Waals surface area (Å²) < 4.78 is 51.0. The molecule has 1 unspecified atom stereocenters. The Morgan fingerprint density at radius 1 is 1.16 bits per heavy atom. The van der Waals surface area contributed by atoms with E-state index in [1.165, 1.54) is 6.20 Å². The Labute approximate surface area is 183 Å². The number of rotatable bonds is 5. The summed E-state index contributed by atoms with van der Waals surface area (Å²) in [5.74, 6) is 0.708. The molecule has 0 spiro atoms. The van der Waals surface area contributed by atoms with Gasteiger partial charge in [0.2, 0.25) is 5.82 Å². The van der Waals surface area contributed by atoms with Crippen LogP contribution in [-0.2, 0) is 6.18 Å². The molecule has 0 amide bonds. The average Bonchev–Trinajstić information content (AvgIpc) is 3.34. The predicted molar refractivity (Wildman–Crippen MR) is 108 cm³/mol. The normalized spacial score (nSPS) is 13.0. The highest BCUT2D eigenvalue weighted by Crippen LogP contribution is 2.34. The maximum atomic E-state index is 13.0. The maximum Gasteiger partial charge on any atom is 0.417 e. The Balaban J connectivity index is 1.66. The van der Waals surface area contributed by atoms with Gasteiger partial charge in [-0.05, 0) is 31.2 Å². The molecule has 31 heavy (non-hydrogen) atoms. The fourth-order valence-corrected chi connectivity index (χ4v) is 3.30. The molecule has 0 aliphatic rings. The first-order valence-corrected chi connectivity index (χ1v) is 9.67. The lowest BCUT2D eigenvalue weighted by Crippen LogP contribution is -2.22. The van der Waals surface area contributed by atoms with Crippen molar-refractivity contribution < 1.29 is 22.4 Å². The number of pyridine rings is 1. The van der Waals surface area contributed by atoms with Gasteiger partial charge in [-0.1, -0.05) is 28.4 Å². The molecule has 0 aliphatic carbocycles. The van der Waals surface area contributed by atoms with Crippen LogP contribution >= 0.6 is 23.2 Å². The van der Waals surface area contributed by atoms with Crippen LogP contribution in [0.2, 0.25) is 10.0 Å². The minimum atomic E-state index is -4.55. The largest absolute Gasteiger partial charge is 0.489 e. The quantitative estimate of drug-likeness (QED) is 0.435. The lowest BCUT2D eigenvalue weighted by Gasteiger charge is -2.13. The van der Waals surface area contributed by atoms with Crippen LogP contribution < -0.4 is 10.5 Å². The zero-order valence-electron chi connectivity index (χ0n) is 15.8. The number of aromatic nitrogens is 4. The third-order valence-electron chi connectivity index (χ3n) is 4.33. The molecule has 0 saturated heterocycles. The van der Waals surface area contributed by atoms with E-state index >= 15 is 0 Å². The number of ether oxygens (including phenoxy) is 1. The van der Waals surface area contributed by atoms with Crippen molar-refractivity contribution >= 4 is 28.8 Å². The first-order chi connectivity index (χ1) is 14.7. The van der Waals surface area contributed by atoms with Crippen LogP contribution in [0.25, 0.3) is 28.6 Å². The van der Waals surface area contributed by atoms with Crippen molar-refractivity contribution in [3.05, 3.63) is 52.3 Å². The molecule has 0 fully saturated rings. The van der Waals surface area contributed by atoms with E-state index in [-0.39, 0.29) is 34.2 Å². The third kappa shape index (κ3) is 4.32. The van der Waals surface area contributed by atoms with E-state index in [0.717, 1.165) is 16.7 Å². The van der Waals surface area contributed by atoms with Crippen LogP contribution in [-0.4, -0.2) is 32.2 Å². The second kappa shape index (κ2) is 8.03. The highest BCUT2D eigenvalue weighted by molar-refractivity contribution is 6.33. The number of halogens is 5. The molecule has 3 heterocycles. The van der Waals surface area contributed by atoms with Crippen molar-refractivity contribution in [2.45, 2.75) is 19.2 Å². The molecule has 4 rings (SSSR count). The Hall–Kier alpha value is -2.82. The van der Waals surface area contributed by atoms with Gasteiger partial charge in [0.1, 0.15) is 17.5 Å². The van der Waals surface area contributed by atoms with E-state index in [4.69, 9.17) is 38.2 Å². The molecule has 0 aliphatic heterocycles. The van der Waals surface area contributed by atoms with Gasteiger partial charge in [0.15, 0.2) is 5.65 Å². The van der Waals surface area contributed by atoms with E-state index in [1.54, 1.807) is 18.2 Å². The number of fused-ring (bicyclic) bond motifs is 1. The van der Waals surface area contributed by atoms with Gasteiger partial charge in [-0.15, -0.1) is 0 Å². The standard InChI is InChI=1S/C19H14Cl2F3N5O2/c1-9(6-25)30-11-2-3-12(13(20)5-11)16-27-18(31-28-16)15-8-29-7-10(19(22,23)24)4-14(21)17(29)26-15/h2-5,7-9H,6,25H2,1H3. The first-order valence-electron chi connectivity index (χ1n) is 8.92. The third-order valence-corrected chi connectivity index (χ3v) is 4.92. The first kappa shape index (κ1) is 21.4. The topological polar surface area (TPSA) is 91.5 Å². The van der Waals surface area contributed by atoms with Crippen LogP contribution in [0.4, 0.5) is 13.2 Å². The monoisotopic (exact) mass is 471 g/mol. The lowest BCUT2D eigenvalue weighted by molar-refractivity contribution is -0.137. The Morgan fingerprint density at radius 2 is 1.94 bits per heavy atom. The minimum absolute atomic E-state index is 0.00327. The molecule has 1 atom stereocenters. The number of nitrogens with zero attached hydrogens (tertiary/aromatic N) is 4. The van der Waals surface area contributed by atoms with Crippen molar-refractivity contribution in [3.63, 3.8) is 0 Å². The summed E-state index contributed by atoms with van der Waals surface area (Å²) in [6, 6.07) is 5.75. The van der Waals surface area contributed by atoms with Gasteiger partial charge < -0.3 is 19.4 Å². The summed E-state index contributed by atoms with van der Waals surface area (Å²) in [7, 11) is 0. The van der Waals surface area contributed by atoms with Crippen molar-refractivity contribution in [3.8, 4) is 28.7 Å². The van der Waals surface area contributed by atoms with Gasteiger partial charge in [0.05, 0.1) is 15.6 Å². The van der Waals surface area contributed by atoms with Gasteiger partial charge >= 0.3 is 6.18 Å². The number of hydrogen-bond acceptors (Lipinski definition) is 6. The highest BCUT2D eigenvalue weighted by Gasteiger charge is 2.32. The molecule has 4 aromatic rings. The van der Waals surface area contributed by atoms with Crippen molar-refractivity contribution in [2.75, 3.05) is 6.54 Å². The summed E-state index contributed by atoms with van der Waals surface area (Å²) in [6.45, 7) is 2.17. The molecular formula is C19H14Cl2F3N5O2. The molecule has 7 nitrogen and oxygen atoms in total. The van der Waals surface area contributed by atoms with E-state index in [0.29, 0.717) is 22.9 Å². The SMILES string of the molecule is CC(CN)Oc1ccc(-c2noc(-c3cn4cc(C(F)(F)F)cc(Cl)c4n3)n2)c(Cl)c1. The lowest BCUT2D eigenvalue weighted by atomic mass is 10.2. The Morgan fingerprint density at radius 3 is 2.61 bits per heavy atom.